The van der Waals surface area contributed by atoms with E-state index in [4.69, 9.17) is 59.3 Å². The molecule has 0 bridgehead atoms. The van der Waals surface area contributed by atoms with Crippen LogP contribution in [-0.2, 0) is 0 Å². The molecule has 0 aliphatic carbocycles. The Morgan fingerprint density at radius 3 is 1.59 bits per heavy atom. The molecule has 0 spiro atoms. The summed E-state index contributed by atoms with van der Waals surface area (Å²) in [6, 6.07) is 56.0. The van der Waals surface area contributed by atoms with Crippen molar-refractivity contribution in [1.82, 2.24) is 9.13 Å². The van der Waals surface area contributed by atoms with E-state index in [0.29, 0.717) is 43.8 Å². The number of furan rings is 1. The zero-order chi connectivity index (χ0) is 43.5. The van der Waals surface area contributed by atoms with Gasteiger partial charge in [0.15, 0.2) is 0 Å². The third-order valence-electron chi connectivity index (χ3n) is 12.9. The van der Waals surface area contributed by atoms with E-state index in [1.165, 1.54) is 0 Å². The van der Waals surface area contributed by atoms with E-state index >= 15 is 0 Å². The standard InChI is InChI=1S/C54H27B7N2O/c55-46-43(47(56)51(60)53-44(46)45-48(57)49(58)50(59)52(61)54(45)63(53)33-19-15-30(16-20-33)28-9-3-1-4-10-28)32-18-24-39-38(25-32)35-22-17-31(29-11-5-2-6-12-29)26-40(35)62(39)34-21-23-37-36-13-7-8-14-41(36)64-42(37)27-34/h1-27H. The Hall–Kier alpha value is -7.17. The summed E-state index contributed by atoms with van der Waals surface area (Å²) in [6.45, 7) is 0. The molecular weight excluding hydrogens is 768 g/mol. The van der Waals surface area contributed by atoms with Gasteiger partial charge in [0, 0.05) is 55.4 Å². The van der Waals surface area contributed by atoms with Crippen molar-refractivity contribution in [3.63, 3.8) is 0 Å². The van der Waals surface area contributed by atoms with Gasteiger partial charge in [-0.05, 0) is 87.3 Å². The smallest absolute Gasteiger partial charge is 0.137 e. The molecule has 12 rings (SSSR count). The van der Waals surface area contributed by atoms with E-state index in [2.05, 4.69) is 95.6 Å². The molecule has 64 heavy (non-hydrogen) atoms. The summed E-state index contributed by atoms with van der Waals surface area (Å²) < 4.78 is 10.6. The molecule has 280 valence electrons. The SMILES string of the molecule is [B]c1c([B])c([B])c2c(c1[B])c1c([B])c(-c3ccc4c(c3)c3ccc(-c5ccccc5)cc3n4-c3ccc4c(c3)oc3ccccc34)c([B])c([B])c1n2-c1ccc(-c2ccccc2)cc1. The number of hydrogen-bond donors (Lipinski definition) is 0. The average Bonchev–Trinajstić information content (AvgIpc) is 4.00. The van der Waals surface area contributed by atoms with Gasteiger partial charge in [-0.2, -0.15) is 0 Å². The monoisotopic (exact) mass is 796 g/mol. The molecule has 14 radical (unpaired) electrons. The Kier molecular flexibility index (Phi) is 8.69. The van der Waals surface area contributed by atoms with Crippen molar-refractivity contribution in [2.45, 2.75) is 0 Å². The summed E-state index contributed by atoms with van der Waals surface area (Å²) in [5, 5.41) is 5.30. The first-order chi connectivity index (χ1) is 31.2. The number of hydrogen-bond acceptors (Lipinski definition) is 1. The van der Waals surface area contributed by atoms with Gasteiger partial charge in [-0.25, -0.2) is 0 Å². The fraction of sp³-hybridized carbons (Fsp3) is 0. The molecular formula is C54H27B7N2O. The van der Waals surface area contributed by atoms with Gasteiger partial charge in [0.2, 0.25) is 0 Å². The quantitative estimate of drug-likeness (QED) is 0.187. The lowest BCUT2D eigenvalue weighted by atomic mass is 9.64. The van der Waals surface area contributed by atoms with Crippen molar-refractivity contribution in [2.75, 3.05) is 0 Å². The summed E-state index contributed by atoms with van der Waals surface area (Å²) in [5.41, 5.74) is 14.0. The maximum atomic E-state index is 7.37. The van der Waals surface area contributed by atoms with Gasteiger partial charge in [-0.1, -0.05) is 137 Å². The van der Waals surface area contributed by atoms with Crippen molar-refractivity contribution < 1.29 is 4.42 Å². The minimum Gasteiger partial charge on any atom is -0.456 e. The van der Waals surface area contributed by atoms with Crippen molar-refractivity contribution in [1.29, 1.82) is 0 Å². The molecule has 3 aromatic heterocycles. The minimum absolute atomic E-state index is 0.171. The van der Waals surface area contributed by atoms with Crippen LogP contribution in [0, 0.1) is 0 Å². The predicted octanol–water partition coefficient (Wildman–Crippen LogP) is 6.34. The van der Waals surface area contributed by atoms with Gasteiger partial charge in [0.05, 0.1) is 11.0 Å². The van der Waals surface area contributed by atoms with Crippen molar-refractivity contribution >= 4 is 159 Å². The van der Waals surface area contributed by atoms with E-state index < -0.39 is 0 Å². The average molecular weight is 796 g/mol. The highest BCUT2D eigenvalue weighted by Crippen LogP contribution is 2.39. The fourth-order valence-electron chi connectivity index (χ4n) is 9.81. The van der Waals surface area contributed by atoms with Crippen LogP contribution in [0.5, 0.6) is 0 Å². The molecule has 10 heteroatoms. The van der Waals surface area contributed by atoms with Crippen molar-refractivity contribution in [3.05, 3.63) is 164 Å². The number of aromatic nitrogens is 2. The van der Waals surface area contributed by atoms with Gasteiger partial charge in [-0.3, -0.25) is 0 Å². The van der Waals surface area contributed by atoms with Crippen molar-refractivity contribution in [3.8, 4) is 44.8 Å². The molecule has 0 fully saturated rings. The van der Waals surface area contributed by atoms with Crippen LogP contribution in [0.15, 0.2) is 168 Å². The second-order valence-corrected chi connectivity index (χ2v) is 16.4. The normalized spacial score (nSPS) is 11.9. The van der Waals surface area contributed by atoms with Crippen LogP contribution in [-0.4, -0.2) is 64.1 Å². The Morgan fingerprint density at radius 2 is 0.859 bits per heavy atom. The van der Waals surface area contributed by atoms with Gasteiger partial charge < -0.3 is 13.6 Å². The van der Waals surface area contributed by atoms with Crippen LogP contribution >= 0.6 is 0 Å². The number of para-hydroxylation sites is 1. The zero-order valence-corrected chi connectivity index (χ0v) is 34.4. The Morgan fingerprint density at radius 1 is 0.312 bits per heavy atom. The minimum atomic E-state index is 0.171. The second kappa shape index (κ2) is 14.4. The molecule has 0 aliphatic rings. The molecule has 0 amide bonds. The summed E-state index contributed by atoms with van der Waals surface area (Å²) in [4.78, 5) is 0. The predicted molar refractivity (Wildman–Crippen MR) is 276 cm³/mol. The molecule has 0 saturated heterocycles. The van der Waals surface area contributed by atoms with Gasteiger partial charge in [0.25, 0.3) is 0 Å². The molecule has 9 aromatic carbocycles. The van der Waals surface area contributed by atoms with Gasteiger partial charge in [-0.15, -0.1) is 10.9 Å². The molecule has 3 nitrogen and oxygen atoms in total. The first-order valence-corrected chi connectivity index (χ1v) is 21.0. The highest BCUT2D eigenvalue weighted by Gasteiger charge is 2.25. The summed E-state index contributed by atoms with van der Waals surface area (Å²) in [7, 11) is 48.6. The first kappa shape index (κ1) is 38.5. The number of rotatable bonds is 5. The number of benzene rings is 9. The molecule has 0 saturated carbocycles. The Bertz CT molecular complexity index is 3910. The van der Waals surface area contributed by atoms with Gasteiger partial charge in [0.1, 0.15) is 66.1 Å². The number of fused-ring (bicyclic) bond motifs is 9. The Balaban J connectivity index is 1.11. The maximum Gasteiger partial charge on any atom is 0.137 e. The topological polar surface area (TPSA) is 23.0 Å². The second-order valence-electron chi connectivity index (χ2n) is 16.4. The van der Waals surface area contributed by atoms with E-state index in [0.717, 1.165) is 82.9 Å². The lowest BCUT2D eigenvalue weighted by Crippen LogP contribution is -2.48. The Labute approximate surface area is 379 Å². The summed E-state index contributed by atoms with van der Waals surface area (Å²) in [5.74, 6) is 0. The molecule has 3 heterocycles. The third-order valence-corrected chi connectivity index (χ3v) is 12.9. The molecule has 0 aliphatic heterocycles. The zero-order valence-electron chi connectivity index (χ0n) is 34.4. The highest BCUT2D eigenvalue weighted by atomic mass is 16.3. The van der Waals surface area contributed by atoms with E-state index in [-0.39, 0.29) is 21.9 Å². The van der Waals surface area contributed by atoms with Crippen LogP contribution in [0.2, 0.25) is 0 Å². The lowest BCUT2D eigenvalue weighted by molar-refractivity contribution is 0.668. The third kappa shape index (κ3) is 5.58. The summed E-state index contributed by atoms with van der Waals surface area (Å²) >= 11 is 0. The molecule has 0 N–H and O–H groups in total. The van der Waals surface area contributed by atoms with E-state index in [9.17, 15) is 0 Å². The van der Waals surface area contributed by atoms with Crippen LogP contribution in [0.1, 0.15) is 0 Å². The van der Waals surface area contributed by atoms with Gasteiger partial charge >= 0.3 is 0 Å². The van der Waals surface area contributed by atoms with Crippen LogP contribution < -0.4 is 38.2 Å². The lowest BCUT2D eigenvalue weighted by Gasteiger charge is -2.19. The molecule has 0 atom stereocenters. The van der Waals surface area contributed by atoms with Crippen LogP contribution in [0.25, 0.3) is 110 Å². The largest absolute Gasteiger partial charge is 0.456 e. The van der Waals surface area contributed by atoms with Crippen LogP contribution in [0.3, 0.4) is 0 Å². The number of nitrogens with zero attached hydrogens (tertiary/aromatic N) is 2. The molecule has 12 aromatic rings. The fourth-order valence-corrected chi connectivity index (χ4v) is 9.81. The highest BCUT2D eigenvalue weighted by molar-refractivity contribution is 6.69. The van der Waals surface area contributed by atoms with E-state index in [1.54, 1.807) is 0 Å². The van der Waals surface area contributed by atoms with Crippen LogP contribution in [0.4, 0.5) is 0 Å². The maximum absolute atomic E-state index is 7.37. The first-order valence-electron chi connectivity index (χ1n) is 21.0. The van der Waals surface area contributed by atoms with Crippen molar-refractivity contribution in [2.24, 2.45) is 0 Å². The van der Waals surface area contributed by atoms with E-state index in [1.807, 2.05) is 77.4 Å². The summed E-state index contributed by atoms with van der Waals surface area (Å²) in [6.07, 6.45) is 0. The molecule has 0 unspecified atom stereocenters.